The highest BCUT2D eigenvalue weighted by molar-refractivity contribution is 5.59. The Morgan fingerprint density at radius 3 is 2.82 bits per heavy atom. The quantitative estimate of drug-likeness (QED) is 0.741. The SMILES string of the molecule is CC1CN(c2ccc(F)cc2C#N)CCN1C. The molecule has 1 aliphatic heterocycles. The van der Waals surface area contributed by atoms with Crippen molar-refractivity contribution in [3.8, 4) is 6.07 Å². The number of nitriles is 1. The highest BCUT2D eigenvalue weighted by Gasteiger charge is 2.22. The second-order valence-electron chi connectivity index (χ2n) is 4.55. The van der Waals surface area contributed by atoms with Gasteiger partial charge in [0, 0.05) is 25.7 Å². The van der Waals surface area contributed by atoms with Gasteiger partial charge in [-0.05, 0) is 32.2 Å². The fourth-order valence-corrected chi connectivity index (χ4v) is 2.14. The molecule has 0 N–H and O–H groups in total. The fourth-order valence-electron chi connectivity index (χ4n) is 2.14. The normalized spacial score (nSPS) is 21.3. The van der Waals surface area contributed by atoms with Crippen LogP contribution in [0.25, 0.3) is 0 Å². The number of rotatable bonds is 1. The first-order valence-electron chi connectivity index (χ1n) is 5.76. The lowest BCUT2D eigenvalue weighted by Gasteiger charge is -2.39. The van der Waals surface area contributed by atoms with Crippen LogP contribution in [0.2, 0.25) is 0 Å². The summed E-state index contributed by atoms with van der Waals surface area (Å²) in [5.74, 6) is -0.354. The smallest absolute Gasteiger partial charge is 0.124 e. The maximum atomic E-state index is 13.1. The third kappa shape index (κ3) is 2.40. The topological polar surface area (TPSA) is 30.3 Å². The van der Waals surface area contributed by atoms with Gasteiger partial charge >= 0.3 is 0 Å². The van der Waals surface area contributed by atoms with Gasteiger partial charge in [0.2, 0.25) is 0 Å². The Morgan fingerprint density at radius 1 is 1.41 bits per heavy atom. The minimum absolute atomic E-state index is 0.354. The van der Waals surface area contributed by atoms with E-state index in [-0.39, 0.29) is 5.82 Å². The average molecular weight is 233 g/mol. The Bertz CT molecular complexity index is 452. The maximum absolute atomic E-state index is 13.1. The minimum atomic E-state index is -0.354. The van der Waals surface area contributed by atoms with Crippen molar-refractivity contribution < 1.29 is 4.39 Å². The lowest BCUT2D eigenvalue weighted by Crippen LogP contribution is -2.50. The number of piperazine rings is 1. The lowest BCUT2D eigenvalue weighted by molar-refractivity contribution is 0.234. The maximum Gasteiger partial charge on any atom is 0.124 e. The van der Waals surface area contributed by atoms with Crippen molar-refractivity contribution in [2.45, 2.75) is 13.0 Å². The summed E-state index contributed by atoms with van der Waals surface area (Å²) < 4.78 is 13.1. The second-order valence-corrected chi connectivity index (χ2v) is 4.55. The molecule has 17 heavy (non-hydrogen) atoms. The average Bonchev–Trinajstić information content (AvgIpc) is 2.32. The van der Waals surface area contributed by atoms with Crippen molar-refractivity contribution in [1.29, 1.82) is 5.26 Å². The molecule has 1 unspecified atom stereocenters. The highest BCUT2D eigenvalue weighted by atomic mass is 19.1. The molecular formula is C13H16FN3. The van der Waals surface area contributed by atoms with Crippen LogP contribution < -0.4 is 4.90 Å². The zero-order valence-corrected chi connectivity index (χ0v) is 10.2. The summed E-state index contributed by atoms with van der Waals surface area (Å²) in [4.78, 5) is 4.44. The van der Waals surface area contributed by atoms with Crippen molar-refractivity contribution in [2.75, 3.05) is 31.6 Å². The number of hydrogen-bond donors (Lipinski definition) is 0. The van der Waals surface area contributed by atoms with Crippen LogP contribution >= 0.6 is 0 Å². The van der Waals surface area contributed by atoms with Gasteiger partial charge in [-0.15, -0.1) is 0 Å². The molecule has 0 aromatic heterocycles. The monoisotopic (exact) mass is 233 g/mol. The zero-order chi connectivity index (χ0) is 12.4. The van der Waals surface area contributed by atoms with Crippen LogP contribution in [0, 0.1) is 17.1 Å². The van der Waals surface area contributed by atoms with Crippen LogP contribution in [0.5, 0.6) is 0 Å². The largest absolute Gasteiger partial charge is 0.368 e. The van der Waals surface area contributed by atoms with Gasteiger partial charge in [-0.25, -0.2) is 4.39 Å². The molecule has 0 bridgehead atoms. The van der Waals surface area contributed by atoms with Crippen LogP contribution in [0.4, 0.5) is 10.1 Å². The van der Waals surface area contributed by atoms with Crippen LogP contribution in [0.15, 0.2) is 18.2 Å². The summed E-state index contributed by atoms with van der Waals surface area (Å²) in [6, 6.07) is 6.93. The first-order valence-corrected chi connectivity index (χ1v) is 5.76. The van der Waals surface area contributed by atoms with Crippen LogP contribution in [0.3, 0.4) is 0 Å². The van der Waals surface area contributed by atoms with Gasteiger partial charge in [0.25, 0.3) is 0 Å². The van der Waals surface area contributed by atoms with E-state index in [9.17, 15) is 4.39 Å². The van der Waals surface area contributed by atoms with Gasteiger partial charge in [-0.2, -0.15) is 5.26 Å². The number of anilines is 1. The Kier molecular flexibility index (Phi) is 3.30. The molecule has 4 heteroatoms. The van der Waals surface area contributed by atoms with Gasteiger partial charge in [0.1, 0.15) is 11.9 Å². The Balaban J connectivity index is 2.26. The first-order chi connectivity index (χ1) is 8.11. The number of nitrogens with zero attached hydrogens (tertiary/aromatic N) is 3. The molecule has 0 saturated carbocycles. The summed E-state index contributed by atoms with van der Waals surface area (Å²) in [5.41, 5.74) is 1.26. The van der Waals surface area contributed by atoms with Gasteiger partial charge in [-0.1, -0.05) is 0 Å². The molecule has 90 valence electrons. The molecule has 1 fully saturated rings. The summed E-state index contributed by atoms with van der Waals surface area (Å²) in [7, 11) is 2.10. The van der Waals surface area contributed by atoms with E-state index in [4.69, 9.17) is 5.26 Å². The van der Waals surface area contributed by atoms with E-state index < -0.39 is 0 Å². The Labute approximate surface area is 101 Å². The minimum Gasteiger partial charge on any atom is -0.368 e. The standard InChI is InChI=1S/C13H16FN3/c1-10-9-17(6-5-16(10)2)13-4-3-12(14)7-11(13)8-15/h3-4,7,10H,5-6,9H2,1-2H3. The molecule has 1 atom stereocenters. The molecule has 0 radical (unpaired) electrons. The predicted octanol–water partition coefficient (Wildman–Crippen LogP) is 1.84. The van der Waals surface area contributed by atoms with Gasteiger partial charge in [0.05, 0.1) is 11.3 Å². The molecule has 2 rings (SSSR count). The van der Waals surface area contributed by atoms with Crippen molar-refractivity contribution in [1.82, 2.24) is 4.90 Å². The van der Waals surface area contributed by atoms with Crippen LogP contribution in [-0.2, 0) is 0 Å². The van der Waals surface area contributed by atoms with Gasteiger partial charge in [0.15, 0.2) is 0 Å². The molecule has 1 saturated heterocycles. The van der Waals surface area contributed by atoms with Crippen molar-refractivity contribution in [3.05, 3.63) is 29.6 Å². The number of benzene rings is 1. The third-order valence-electron chi connectivity index (χ3n) is 3.38. The zero-order valence-electron chi connectivity index (χ0n) is 10.2. The van der Waals surface area contributed by atoms with Crippen molar-refractivity contribution >= 4 is 5.69 Å². The van der Waals surface area contributed by atoms with E-state index in [2.05, 4.69) is 29.8 Å². The number of halogens is 1. The molecule has 0 aliphatic carbocycles. The fraction of sp³-hybridized carbons (Fsp3) is 0.462. The van der Waals surface area contributed by atoms with Gasteiger partial charge < -0.3 is 9.80 Å². The van der Waals surface area contributed by atoms with Gasteiger partial charge in [-0.3, -0.25) is 0 Å². The van der Waals surface area contributed by atoms with Crippen LogP contribution in [0.1, 0.15) is 12.5 Å². The van der Waals surface area contributed by atoms with Crippen LogP contribution in [-0.4, -0.2) is 37.6 Å². The van der Waals surface area contributed by atoms with E-state index in [1.165, 1.54) is 12.1 Å². The molecular weight excluding hydrogens is 217 g/mol. The number of likely N-dealkylation sites (N-methyl/N-ethyl adjacent to an activating group) is 1. The summed E-state index contributed by atoms with van der Waals surface area (Å²) in [6.45, 7) is 4.86. The van der Waals surface area contributed by atoms with E-state index in [1.54, 1.807) is 6.07 Å². The Morgan fingerprint density at radius 2 is 2.18 bits per heavy atom. The molecule has 1 aromatic carbocycles. The van der Waals surface area contributed by atoms with E-state index >= 15 is 0 Å². The van der Waals surface area contributed by atoms with E-state index in [1.807, 2.05) is 0 Å². The molecule has 1 aliphatic rings. The molecule has 0 amide bonds. The van der Waals surface area contributed by atoms with E-state index in [0.717, 1.165) is 25.3 Å². The molecule has 1 heterocycles. The van der Waals surface area contributed by atoms with Crippen molar-refractivity contribution in [3.63, 3.8) is 0 Å². The first kappa shape index (κ1) is 11.9. The summed E-state index contributed by atoms with van der Waals surface area (Å²) in [6.07, 6.45) is 0. The molecule has 0 spiro atoms. The molecule has 1 aromatic rings. The Hall–Kier alpha value is -1.60. The lowest BCUT2D eigenvalue weighted by atomic mass is 10.1. The summed E-state index contributed by atoms with van der Waals surface area (Å²) >= 11 is 0. The second kappa shape index (κ2) is 4.72. The third-order valence-corrected chi connectivity index (χ3v) is 3.38. The predicted molar refractivity (Wildman–Crippen MR) is 65.4 cm³/mol. The molecule has 3 nitrogen and oxygen atoms in total. The van der Waals surface area contributed by atoms with Crippen molar-refractivity contribution in [2.24, 2.45) is 0 Å². The highest BCUT2D eigenvalue weighted by Crippen LogP contribution is 2.23. The number of hydrogen-bond acceptors (Lipinski definition) is 3. The van der Waals surface area contributed by atoms with E-state index in [0.29, 0.717) is 11.6 Å². The summed E-state index contributed by atoms with van der Waals surface area (Å²) in [5, 5.41) is 9.04.